The van der Waals surface area contributed by atoms with Crippen LogP contribution in [0.5, 0.6) is 5.75 Å². The number of aliphatic hydroxyl groups is 1. The van der Waals surface area contributed by atoms with Crippen LogP contribution in [0.1, 0.15) is 75.2 Å². The van der Waals surface area contributed by atoms with Crippen LogP contribution in [-0.4, -0.2) is 45.6 Å². The molecule has 4 N–H and O–H groups in total. The number of hydrogen-bond donors (Lipinski definition) is 3. The zero-order valence-corrected chi connectivity index (χ0v) is 22.9. The van der Waals surface area contributed by atoms with Gasteiger partial charge < -0.3 is 24.6 Å². The quantitative estimate of drug-likeness (QED) is 0.276. The minimum atomic E-state index is -3.68. The van der Waals surface area contributed by atoms with E-state index in [1.165, 1.54) is 0 Å². The molecule has 0 fully saturated rings. The normalized spacial score (nSPS) is 15.7. The molecule has 0 bridgehead atoms. The highest BCUT2D eigenvalue weighted by molar-refractivity contribution is 7.89. The molecule has 0 saturated carbocycles. The molecule has 37 heavy (non-hydrogen) atoms. The summed E-state index contributed by atoms with van der Waals surface area (Å²) in [7, 11) is -3.68. The number of ether oxygens (including phenoxy) is 3. The Balaban J connectivity index is 1.17. The van der Waals surface area contributed by atoms with Crippen LogP contribution < -0.4 is 15.2 Å². The molecule has 2 aromatic carbocycles. The SMILES string of the molecule is CC1(C)OCc2cc([C@@H](O)CNCCCCCCOCCCCc3ccccc3S(N)(=O)=O)ccc2O1. The predicted molar refractivity (Wildman–Crippen MR) is 144 cm³/mol. The third-order valence-corrected chi connectivity index (χ3v) is 7.41. The lowest BCUT2D eigenvalue weighted by molar-refractivity contribution is -0.180. The Morgan fingerprint density at radius 2 is 1.78 bits per heavy atom. The van der Waals surface area contributed by atoms with E-state index in [0.29, 0.717) is 26.2 Å². The Hall–Kier alpha value is -2.01. The fraction of sp³-hybridized carbons (Fsp3) is 0.571. The van der Waals surface area contributed by atoms with Crippen LogP contribution in [0, 0.1) is 0 Å². The first kappa shape index (κ1) is 29.5. The lowest BCUT2D eigenvalue weighted by Crippen LogP contribution is -2.35. The van der Waals surface area contributed by atoms with Gasteiger partial charge >= 0.3 is 0 Å². The maximum Gasteiger partial charge on any atom is 0.238 e. The van der Waals surface area contributed by atoms with E-state index in [9.17, 15) is 13.5 Å². The van der Waals surface area contributed by atoms with Gasteiger partial charge in [0.1, 0.15) is 5.75 Å². The Labute approximate surface area is 221 Å². The molecule has 0 spiro atoms. The van der Waals surface area contributed by atoms with Crippen molar-refractivity contribution < 1.29 is 27.7 Å². The lowest BCUT2D eigenvalue weighted by Gasteiger charge is -2.33. The van der Waals surface area contributed by atoms with E-state index in [-0.39, 0.29) is 4.90 Å². The van der Waals surface area contributed by atoms with Gasteiger partial charge in [0.2, 0.25) is 15.8 Å². The van der Waals surface area contributed by atoms with Gasteiger partial charge in [-0.3, -0.25) is 0 Å². The van der Waals surface area contributed by atoms with Gasteiger partial charge in [0, 0.05) is 39.2 Å². The summed E-state index contributed by atoms with van der Waals surface area (Å²) in [6, 6.07) is 12.7. The summed E-state index contributed by atoms with van der Waals surface area (Å²) < 4.78 is 40.5. The molecule has 0 aromatic heterocycles. The highest BCUT2D eigenvalue weighted by atomic mass is 32.2. The van der Waals surface area contributed by atoms with E-state index < -0.39 is 21.9 Å². The second-order valence-electron chi connectivity index (χ2n) is 10.0. The van der Waals surface area contributed by atoms with Gasteiger partial charge in [-0.2, -0.15) is 0 Å². The fourth-order valence-electron chi connectivity index (χ4n) is 4.34. The van der Waals surface area contributed by atoms with Crippen molar-refractivity contribution in [2.75, 3.05) is 26.3 Å². The summed E-state index contributed by atoms with van der Waals surface area (Å²) in [5.74, 6) is 0.198. The average Bonchev–Trinajstić information content (AvgIpc) is 2.85. The van der Waals surface area contributed by atoms with Crippen LogP contribution in [0.3, 0.4) is 0 Å². The van der Waals surface area contributed by atoms with E-state index in [1.54, 1.807) is 12.1 Å². The number of hydrogen-bond acceptors (Lipinski definition) is 7. The van der Waals surface area contributed by atoms with E-state index in [2.05, 4.69) is 5.32 Å². The number of aryl methyl sites for hydroxylation is 1. The first-order valence-electron chi connectivity index (χ1n) is 13.2. The lowest BCUT2D eigenvalue weighted by atomic mass is 10.0. The third kappa shape index (κ3) is 10.00. The molecular weight excluding hydrogens is 492 g/mol. The number of aliphatic hydroxyl groups excluding tert-OH is 1. The van der Waals surface area contributed by atoms with Gasteiger partial charge in [0.25, 0.3) is 0 Å². The number of fused-ring (bicyclic) bond motifs is 1. The monoisotopic (exact) mass is 534 g/mol. The number of unbranched alkanes of at least 4 members (excludes halogenated alkanes) is 4. The standard InChI is InChI=1S/C28H42N2O6S/c1-28(2)35-21-24-19-23(14-15-26(24)36-28)25(31)20-30-16-8-3-4-9-17-34-18-10-7-12-22-11-5-6-13-27(22)37(29,32)33/h5-6,11,13-15,19,25,30-31H,3-4,7-10,12,16-18,20-21H2,1-2H3,(H2,29,32,33)/t25-/m0/s1. The molecule has 0 aliphatic carbocycles. The summed E-state index contributed by atoms with van der Waals surface area (Å²) in [6.07, 6.45) is 6.13. The molecule has 1 heterocycles. The molecule has 0 radical (unpaired) electrons. The highest BCUT2D eigenvalue weighted by Crippen LogP contribution is 2.32. The largest absolute Gasteiger partial charge is 0.463 e. The average molecular weight is 535 g/mol. The van der Waals surface area contributed by atoms with E-state index in [4.69, 9.17) is 19.3 Å². The molecule has 206 valence electrons. The zero-order valence-electron chi connectivity index (χ0n) is 22.1. The van der Waals surface area contributed by atoms with Crippen molar-refractivity contribution in [1.82, 2.24) is 5.32 Å². The van der Waals surface area contributed by atoms with Gasteiger partial charge in [-0.25, -0.2) is 13.6 Å². The topological polar surface area (TPSA) is 120 Å². The van der Waals surface area contributed by atoms with Gasteiger partial charge in [0.15, 0.2) is 0 Å². The van der Waals surface area contributed by atoms with Crippen molar-refractivity contribution in [2.24, 2.45) is 5.14 Å². The summed E-state index contributed by atoms with van der Waals surface area (Å²) in [4.78, 5) is 0.216. The molecule has 3 rings (SSSR count). The Morgan fingerprint density at radius 1 is 1.05 bits per heavy atom. The summed E-state index contributed by atoms with van der Waals surface area (Å²) in [5, 5.41) is 19.1. The van der Waals surface area contributed by atoms with Crippen LogP contribution in [0.4, 0.5) is 0 Å². The number of nitrogens with one attached hydrogen (secondary N) is 1. The Morgan fingerprint density at radius 3 is 2.57 bits per heavy atom. The van der Waals surface area contributed by atoms with Crippen molar-refractivity contribution in [3.63, 3.8) is 0 Å². The molecule has 9 heteroatoms. The number of sulfonamides is 1. The van der Waals surface area contributed by atoms with Crippen LogP contribution in [0.2, 0.25) is 0 Å². The molecule has 2 aromatic rings. The van der Waals surface area contributed by atoms with Crippen LogP contribution in [0.15, 0.2) is 47.4 Å². The first-order chi connectivity index (χ1) is 17.7. The molecule has 0 saturated heterocycles. The Bertz CT molecular complexity index is 1090. The predicted octanol–water partition coefficient (Wildman–Crippen LogP) is 4.20. The molecular formula is C28H42N2O6S. The van der Waals surface area contributed by atoms with Crippen LogP contribution in [-0.2, 0) is 32.5 Å². The molecule has 0 unspecified atom stereocenters. The van der Waals surface area contributed by atoms with Crippen molar-refractivity contribution in [3.8, 4) is 5.75 Å². The van der Waals surface area contributed by atoms with E-state index >= 15 is 0 Å². The summed E-state index contributed by atoms with van der Waals surface area (Å²) >= 11 is 0. The van der Waals surface area contributed by atoms with Crippen molar-refractivity contribution >= 4 is 10.0 Å². The Kier molecular flexibility index (Phi) is 11.4. The molecule has 8 nitrogen and oxygen atoms in total. The fourth-order valence-corrected chi connectivity index (χ4v) is 5.14. The number of rotatable bonds is 16. The maximum atomic E-state index is 11.7. The number of nitrogens with two attached hydrogens (primary N) is 1. The highest BCUT2D eigenvalue weighted by Gasteiger charge is 2.27. The minimum absolute atomic E-state index is 0.216. The van der Waals surface area contributed by atoms with Crippen molar-refractivity contribution in [1.29, 1.82) is 0 Å². The third-order valence-electron chi connectivity index (χ3n) is 6.39. The van der Waals surface area contributed by atoms with Gasteiger partial charge in [0.05, 0.1) is 17.6 Å². The van der Waals surface area contributed by atoms with Crippen LogP contribution >= 0.6 is 0 Å². The summed E-state index contributed by atoms with van der Waals surface area (Å²) in [5.41, 5.74) is 2.59. The van der Waals surface area contributed by atoms with Gasteiger partial charge in [-0.15, -0.1) is 0 Å². The van der Waals surface area contributed by atoms with E-state index in [1.807, 2.05) is 44.2 Å². The zero-order chi connectivity index (χ0) is 26.7. The minimum Gasteiger partial charge on any atom is -0.463 e. The van der Waals surface area contributed by atoms with Gasteiger partial charge in [-0.1, -0.05) is 37.1 Å². The summed E-state index contributed by atoms with van der Waals surface area (Å²) in [6.45, 7) is 7.05. The second-order valence-corrected chi connectivity index (χ2v) is 11.5. The van der Waals surface area contributed by atoms with Crippen molar-refractivity contribution in [2.45, 2.75) is 82.2 Å². The first-order valence-corrected chi connectivity index (χ1v) is 14.7. The molecule has 1 atom stereocenters. The van der Waals surface area contributed by atoms with E-state index in [0.717, 1.165) is 74.1 Å². The number of benzene rings is 2. The van der Waals surface area contributed by atoms with Crippen molar-refractivity contribution in [3.05, 3.63) is 59.2 Å². The molecule has 1 aliphatic heterocycles. The molecule has 0 amide bonds. The second kappa shape index (κ2) is 14.2. The number of primary sulfonamides is 1. The van der Waals surface area contributed by atoms with Gasteiger partial charge in [-0.05, 0) is 68.0 Å². The smallest absolute Gasteiger partial charge is 0.238 e. The van der Waals surface area contributed by atoms with Crippen LogP contribution in [0.25, 0.3) is 0 Å². The molecule has 1 aliphatic rings. The maximum absolute atomic E-state index is 11.7.